The highest BCUT2D eigenvalue weighted by Gasteiger charge is 2.09. The van der Waals surface area contributed by atoms with Crippen LogP contribution in [-0.4, -0.2) is 27.3 Å². The number of aromatic nitrogens is 3. The lowest BCUT2D eigenvalue weighted by Gasteiger charge is -1.99. The number of Topliss-reactive ketones (excluding diaryl/α,β-unsaturated/α-hetero) is 1. The third-order valence-corrected chi connectivity index (χ3v) is 2.94. The average Bonchev–Trinajstić information content (AvgIpc) is 2.82. The van der Waals surface area contributed by atoms with Crippen LogP contribution in [0.15, 0.2) is 6.20 Å². The minimum atomic E-state index is 0.0914. The number of rotatable bonds is 10. The average molecular weight is 252 g/mol. The van der Waals surface area contributed by atoms with Crippen molar-refractivity contribution >= 4 is 5.78 Å². The minimum Gasteiger partial charge on any atom is -0.329 e. The van der Waals surface area contributed by atoms with Crippen LogP contribution in [0.25, 0.3) is 0 Å². The van der Waals surface area contributed by atoms with Gasteiger partial charge in [0, 0.05) is 13.0 Å². The first-order valence-electron chi connectivity index (χ1n) is 6.91. The van der Waals surface area contributed by atoms with E-state index in [1.807, 2.05) is 0 Å². The predicted molar refractivity (Wildman–Crippen MR) is 71.4 cm³/mol. The molecule has 0 atom stereocenters. The first kappa shape index (κ1) is 14.8. The quantitative estimate of drug-likeness (QED) is 0.511. The van der Waals surface area contributed by atoms with Crippen molar-refractivity contribution in [1.82, 2.24) is 15.0 Å². The van der Waals surface area contributed by atoms with Gasteiger partial charge in [-0.25, -0.2) is 0 Å². The molecular formula is C13H24N4O. The summed E-state index contributed by atoms with van der Waals surface area (Å²) in [4.78, 5) is 11.8. The summed E-state index contributed by atoms with van der Waals surface area (Å²) in [6, 6.07) is 0. The normalized spacial score (nSPS) is 10.8. The number of ketones is 1. The van der Waals surface area contributed by atoms with E-state index < -0.39 is 0 Å². The second-order valence-electron chi connectivity index (χ2n) is 4.60. The summed E-state index contributed by atoms with van der Waals surface area (Å²) in [6.07, 6.45) is 9.39. The number of carbonyl (C=O) groups is 1. The van der Waals surface area contributed by atoms with Crippen LogP contribution in [0.2, 0.25) is 0 Å². The lowest BCUT2D eigenvalue weighted by Crippen LogP contribution is -2.10. The van der Waals surface area contributed by atoms with Crippen molar-refractivity contribution in [2.24, 2.45) is 5.73 Å². The summed E-state index contributed by atoms with van der Waals surface area (Å²) in [6.45, 7) is 3.32. The molecule has 2 N–H and O–H groups in total. The van der Waals surface area contributed by atoms with Gasteiger partial charge in [-0.1, -0.05) is 44.2 Å². The Kier molecular flexibility index (Phi) is 7.25. The molecule has 1 aromatic heterocycles. The molecule has 5 heteroatoms. The van der Waals surface area contributed by atoms with E-state index in [0.717, 1.165) is 12.8 Å². The summed E-state index contributed by atoms with van der Waals surface area (Å²) < 4.78 is 1.62. The number of hydrogen-bond acceptors (Lipinski definition) is 4. The maximum absolute atomic E-state index is 11.8. The Balaban J connectivity index is 2.19. The third kappa shape index (κ3) is 5.40. The maximum atomic E-state index is 11.8. The second-order valence-corrected chi connectivity index (χ2v) is 4.60. The van der Waals surface area contributed by atoms with Gasteiger partial charge in [-0.05, 0) is 6.42 Å². The van der Waals surface area contributed by atoms with Crippen molar-refractivity contribution in [2.75, 3.05) is 6.54 Å². The van der Waals surface area contributed by atoms with Crippen LogP contribution >= 0.6 is 0 Å². The SMILES string of the molecule is CCCCCCCCC(=O)c1cn(CCN)nn1. The van der Waals surface area contributed by atoms with E-state index in [1.165, 1.54) is 25.7 Å². The Labute approximate surface area is 109 Å². The van der Waals surface area contributed by atoms with Crippen LogP contribution < -0.4 is 5.73 Å². The van der Waals surface area contributed by atoms with E-state index in [2.05, 4.69) is 17.2 Å². The van der Waals surface area contributed by atoms with Gasteiger partial charge in [0.1, 0.15) is 5.69 Å². The van der Waals surface area contributed by atoms with Crippen LogP contribution in [-0.2, 0) is 6.54 Å². The molecule has 0 aromatic carbocycles. The van der Waals surface area contributed by atoms with E-state index in [-0.39, 0.29) is 5.78 Å². The van der Waals surface area contributed by atoms with E-state index in [9.17, 15) is 4.79 Å². The van der Waals surface area contributed by atoms with E-state index in [4.69, 9.17) is 5.73 Å². The van der Waals surface area contributed by atoms with Gasteiger partial charge in [-0.3, -0.25) is 9.48 Å². The third-order valence-electron chi connectivity index (χ3n) is 2.94. The summed E-state index contributed by atoms with van der Waals surface area (Å²) in [5.74, 6) is 0.0914. The van der Waals surface area contributed by atoms with Gasteiger partial charge in [0.25, 0.3) is 0 Å². The molecule has 0 spiro atoms. The fourth-order valence-corrected chi connectivity index (χ4v) is 1.86. The Morgan fingerprint density at radius 1 is 1.28 bits per heavy atom. The Morgan fingerprint density at radius 3 is 2.72 bits per heavy atom. The molecule has 0 aliphatic carbocycles. The fraction of sp³-hybridized carbons (Fsp3) is 0.769. The van der Waals surface area contributed by atoms with Crippen molar-refractivity contribution in [3.8, 4) is 0 Å². The monoisotopic (exact) mass is 252 g/mol. The van der Waals surface area contributed by atoms with Gasteiger partial charge in [0.15, 0.2) is 5.78 Å². The number of hydrogen-bond donors (Lipinski definition) is 1. The standard InChI is InChI=1S/C13H24N4O/c1-2-3-4-5-6-7-8-13(18)12-11-17(10-9-14)16-15-12/h11H,2-10,14H2,1H3. The molecule has 0 bridgehead atoms. The number of carbonyl (C=O) groups excluding carboxylic acids is 1. The van der Waals surface area contributed by atoms with Crippen molar-refractivity contribution < 1.29 is 4.79 Å². The van der Waals surface area contributed by atoms with E-state index >= 15 is 0 Å². The van der Waals surface area contributed by atoms with E-state index in [1.54, 1.807) is 10.9 Å². The largest absolute Gasteiger partial charge is 0.329 e. The predicted octanol–water partition coefficient (Wildman–Crippen LogP) is 2.17. The van der Waals surface area contributed by atoms with Crippen molar-refractivity contribution in [3.63, 3.8) is 0 Å². The molecule has 1 aromatic rings. The van der Waals surface area contributed by atoms with E-state index in [0.29, 0.717) is 25.2 Å². The topological polar surface area (TPSA) is 73.8 Å². The molecule has 1 rings (SSSR count). The van der Waals surface area contributed by atoms with Crippen LogP contribution in [0.3, 0.4) is 0 Å². The van der Waals surface area contributed by atoms with Crippen LogP contribution in [0.4, 0.5) is 0 Å². The highest BCUT2D eigenvalue weighted by atomic mass is 16.1. The molecule has 0 radical (unpaired) electrons. The smallest absolute Gasteiger partial charge is 0.184 e. The first-order valence-corrected chi connectivity index (χ1v) is 6.91. The molecule has 0 fully saturated rings. The second kappa shape index (κ2) is 8.80. The zero-order valence-corrected chi connectivity index (χ0v) is 11.3. The molecule has 5 nitrogen and oxygen atoms in total. The highest BCUT2D eigenvalue weighted by molar-refractivity contribution is 5.93. The number of nitrogens with zero attached hydrogens (tertiary/aromatic N) is 3. The van der Waals surface area contributed by atoms with Crippen LogP contribution in [0, 0.1) is 0 Å². The molecule has 0 unspecified atom stereocenters. The van der Waals surface area contributed by atoms with Gasteiger partial charge < -0.3 is 5.73 Å². The summed E-state index contributed by atoms with van der Waals surface area (Å²) >= 11 is 0. The van der Waals surface area contributed by atoms with Crippen molar-refractivity contribution in [1.29, 1.82) is 0 Å². The zero-order valence-electron chi connectivity index (χ0n) is 11.3. The molecule has 102 valence electrons. The number of unbranched alkanes of at least 4 members (excludes halogenated alkanes) is 5. The molecule has 0 saturated carbocycles. The molecule has 0 amide bonds. The van der Waals surface area contributed by atoms with Crippen LogP contribution in [0.1, 0.15) is 62.4 Å². The summed E-state index contributed by atoms with van der Waals surface area (Å²) in [7, 11) is 0. The van der Waals surface area contributed by atoms with Crippen molar-refractivity contribution in [2.45, 2.75) is 58.4 Å². The lowest BCUT2D eigenvalue weighted by atomic mass is 10.1. The van der Waals surface area contributed by atoms with Gasteiger partial charge in [-0.15, -0.1) is 5.10 Å². The molecule has 0 aliphatic heterocycles. The summed E-state index contributed by atoms with van der Waals surface area (Å²) in [5, 5.41) is 7.73. The lowest BCUT2D eigenvalue weighted by molar-refractivity contribution is 0.0974. The van der Waals surface area contributed by atoms with Crippen molar-refractivity contribution in [3.05, 3.63) is 11.9 Å². The zero-order chi connectivity index (χ0) is 13.2. The van der Waals surface area contributed by atoms with Gasteiger partial charge in [-0.2, -0.15) is 0 Å². The fourth-order valence-electron chi connectivity index (χ4n) is 1.86. The van der Waals surface area contributed by atoms with Gasteiger partial charge >= 0.3 is 0 Å². The molecule has 0 aliphatic rings. The van der Waals surface area contributed by atoms with Gasteiger partial charge in [0.2, 0.25) is 0 Å². The molecule has 18 heavy (non-hydrogen) atoms. The number of nitrogens with two attached hydrogens (primary N) is 1. The van der Waals surface area contributed by atoms with Gasteiger partial charge in [0.05, 0.1) is 12.7 Å². The maximum Gasteiger partial charge on any atom is 0.184 e. The van der Waals surface area contributed by atoms with Crippen LogP contribution in [0.5, 0.6) is 0 Å². The Morgan fingerprint density at radius 2 is 2.00 bits per heavy atom. The molecule has 0 saturated heterocycles. The summed E-state index contributed by atoms with van der Waals surface area (Å²) in [5.41, 5.74) is 5.88. The highest BCUT2D eigenvalue weighted by Crippen LogP contribution is 2.09. The Hall–Kier alpha value is -1.23. The molecular weight excluding hydrogens is 228 g/mol. The molecule has 1 heterocycles. The Bertz CT molecular complexity index is 349. The minimum absolute atomic E-state index is 0.0914. The first-order chi connectivity index (χ1) is 8.77.